The maximum atomic E-state index is 13.3. The van der Waals surface area contributed by atoms with Gasteiger partial charge in [0.15, 0.2) is 5.58 Å². The molecule has 186 valence electrons. The molecule has 0 N–H and O–H groups in total. The second-order valence-corrected chi connectivity index (χ2v) is 11.4. The quantitative estimate of drug-likeness (QED) is 0.526. The van der Waals surface area contributed by atoms with Crippen LogP contribution >= 0.6 is 11.6 Å². The number of aryl methyl sites for hydroxylation is 1. The van der Waals surface area contributed by atoms with E-state index in [1.807, 2.05) is 29.2 Å². The number of carbonyl (C=O) groups excluding carboxylic acids is 1. The normalized spacial score (nSPS) is 19.9. The van der Waals surface area contributed by atoms with E-state index in [4.69, 9.17) is 16.0 Å². The molecule has 2 aliphatic heterocycles. The molecule has 0 saturated carbocycles. The van der Waals surface area contributed by atoms with Gasteiger partial charge in [0.2, 0.25) is 15.9 Å². The number of fused-ring (bicyclic) bond motifs is 1. The number of rotatable bonds is 4. The largest absolute Gasteiger partial charge is 0.419 e. The third-order valence-corrected chi connectivity index (χ3v) is 9.03. The number of oxazole rings is 1. The Hall–Kier alpha value is -2.82. The van der Waals surface area contributed by atoms with E-state index in [9.17, 15) is 18.0 Å². The topological polar surface area (TPSA) is 96.1 Å². The van der Waals surface area contributed by atoms with Gasteiger partial charge < -0.3 is 14.2 Å². The van der Waals surface area contributed by atoms with Crippen LogP contribution in [0, 0.1) is 5.92 Å². The predicted molar refractivity (Wildman–Crippen MR) is 133 cm³/mol. The molecular formula is C24H27ClN4O5S. The van der Waals surface area contributed by atoms with Gasteiger partial charge in [0.25, 0.3) is 0 Å². The van der Waals surface area contributed by atoms with Crippen molar-refractivity contribution in [3.63, 3.8) is 0 Å². The summed E-state index contributed by atoms with van der Waals surface area (Å²) in [5.41, 5.74) is 1.82. The molecule has 0 radical (unpaired) electrons. The summed E-state index contributed by atoms with van der Waals surface area (Å²) in [7, 11) is -2.26. The summed E-state index contributed by atoms with van der Waals surface area (Å²) in [6.45, 7) is 3.11. The highest BCUT2D eigenvalue weighted by Crippen LogP contribution is 2.28. The molecule has 0 bridgehead atoms. The van der Waals surface area contributed by atoms with Crippen LogP contribution in [0.15, 0.2) is 56.6 Å². The first-order valence-corrected chi connectivity index (χ1v) is 13.4. The Bertz CT molecular complexity index is 1410. The second kappa shape index (κ2) is 9.33. The summed E-state index contributed by atoms with van der Waals surface area (Å²) in [5, 5.41) is 0.688. The zero-order valence-electron chi connectivity index (χ0n) is 19.4. The molecule has 0 aliphatic carbocycles. The van der Waals surface area contributed by atoms with E-state index in [1.54, 1.807) is 13.1 Å². The third-order valence-electron chi connectivity index (χ3n) is 6.92. The Labute approximate surface area is 208 Å². The lowest BCUT2D eigenvalue weighted by Crippen LogP contribution is -2.53. The van der Waals surface area contributed by atoms with Crippen molar-refractivity contribution in [1.82, 2.24) is 13.8 Å². The van der Waals surface area contributed by atoms with Crippen LogP contribution in [-0.4, -0.2) is 67.4 Å². The lowest BCUT2D eigenvalue weighted by Gasteiger charge is -2.39. The molecule has 11 heteroatoms. The van der Waals surface area contributed by atoms with Crippen LogP contribution in [0.4, 0.5) is 5.69 Å². The molecule has 0 spiro atoms. The SMILES string of the molecule is Cn1c(=O)oc2cc(S(=O)(=O)N3CCC[C@@H](C(=O)N4CCN(c5ccc(Cl)cc5)CC4)C3)ccc21. The van der Waals surface area contributed by atoms with Gasteiger partial charge in [0.05, 0.1) is 16.3 Å². The van der Waals surface area contributed by atoms with Crippen LogP contribution in [0.1, 0.15) is 12.8 Å². The number of halogens is 1. The van der Waals surface area contributed by atoms with Crippen LogP contribution in [0.5, 0.6) is 0 Å². The molecule has 1 amide bonds. The molecule has 2 saturated heterocycles. The minimum Gasteiger partial charge on any atom is -0.408 e. The number of nitrogens with zero attached hydrogens (tertiary/aromatic N) is 4. The Kier molecular flexibility index (Phi) is 6.37. The summed E-state index contributed by atoms with van der Waals surface area (Å²) >= 11 is 5.98. The summed E-state index contributed by atoms with van der Waals surface area (Å²) in [6, 6.07) is 12.1. The average Bonchev–Trinajstić information content (AvgIpc) is 3.17. The van der Waals surface area contributed by atoms with Crippen molar-refractivity contribution in [3.8, 4) is 0 Å². The fraction of sp³-hybridized carbons (Fsp3) is 0.417. The molecule has 9 nitrogen and oxygen atoms in total. The second-order valence-electron chi connectivity index (χ2n) is 9.05. The van der Waals surface area contributed by atoms with Crippen molar-refractivity contribution in [1.29, 1.82) is 0 Å². The lowest BCUT2D eigenvalue weighted by atomic mass is 9.97. The Morgan fingerprint density at radius 1 is 1.03 bits per heavy atom. The molecular weight excluding hydrogens is 492 g/mol. The van der Waals surface area contributed by atoms with Gasteiger partial charge in [0.1, 0.15) is 0 Å². The van der Waals surface area contributed by atoms with Gasteiger partial charge >= 0.3 is 5.76 Å². The van der Waals surface area contributed by atoms with Crippen LogP contribution in [0.25, 0.3) is 11.1 Å². The Balaban J connectivity index is 1.26. The van der Waals surface area contributed by atoms with E-state index in [1.165, 1.54) is 21.0 Å². The van der Waals surface area contributed by atoms with Crippen LogP contribution in [0.2, 0.25) is 5.02 Å². The number of hydrogen-bond acceptors (Lipinski definition) is 6. The molecule has 3 aromatic rings. The van der Waals surface area contributed by atoms with Crippen molar-refractivity contribution >= 4 is 44.3 Å². The fourth-order valence-corrected chi connectivity index (χ4v) is 6.55. The maximum Gasteiger partial charge on any atom is 0.419 e. The standard InChI is InChI=1S/C24H27ClN4O5S/c1-26-21-9-8-20(15-22(21)34-24(26)31)35(32,33)29-10-2-3-17(16-29)23(30)28-13-11-27(12-14-28)19-6-4-18(25)5-7-19/h4-9,15,17H,2-3,10-14,16H2,1H3/t17-/m1/s1. The highest BCUT2D eigenvalue weighted by molar-refractivity contribution is 7.89. The van der Waals surface area contributed by atoms with Crippen LogP contribution in [0.3, 0.4) is 0 Å². The van der Waals surface area contributed by atoms with E-state index < -0.39 is 15.8 Å². The van der Waals surface area contributed by atoms with Crippen molar-refractivity contribution in [2.75, 3.05) is 44.2 Å². The first kappa shape index (κ1) is 23.9. The number of piperidine rings is 1. The van der Waals surface area contributed by atoms with Crippen molar-refractivity contribution < 1.29 is 17.6 Å². The van der Waals surface area contributed by atoms with Gasteiger partial charge in [-0.15, -0.1) is 0 Å². The minimum atomic E-state index is -3.83. The van der Waals surface area contributed by atoms with E-state index in [-0.39, 0.29) is 28.8 Å². The first-order valence-electron chi connectivity index (χ1n) is 11.6. The molecule has 2 fully saturated rings. The van der Waals surface area contributed by atoms with E-state index in [0.717, 1.165) is 5.69 Å². The summed E-state index contributed by atoms with van der Waals surface area (Å²) in [4.78, 5) is 29.2. The zero-order valence-corrected chi connectivity index (χ0v) is 21.0. The van der Waals surface area contributed by atoms with Gasteiger partial charge in [-0.05, 0) is 49.2 Å². The van der Waals surface area contributed by atoms with E-state index in [2.05, 4.69) is 4.90 Å². The molecule has 35 heavy (non-hydrogen) atoms. The molecule has 0 unspecified atom stereocenters. The van der Waals surface area contributed by atoms with Crippen molar-refractivity contribution in [2.45, 2.75) is 17.7 Å². The monoisotopic (exact) mass is 518 g/mol. The third kappa shape index (κ3) is 4.57. The lowest BCUT2D eigenvalue weighted by molar-refractivity contribution is -0.137. The predicted octanol–water partition coefficient (Wildman–Crippen LogP) is 2.53. The number of amides is 1. The molecule has 5 rings (SSSR count). The molecule has 2 aliphatic rings. The first-order chi connectivity index (χ1) is 16.7. The smallest absolute Gasteiger partial charge is 0.408 e. The van der Waals surface area contributed by atoms with Crippen molar-refractivity contribution in [2.24, 2.45) is 13.0 Å². The molecule has 2 aromatic carbocycles. The minimum absolute atomic E-state index is 0.00478. The van der Waals surface area contributed by atoms with E-state index in [0.29, 0.717) is 56.1 Å². The number of piperazine rings is 1. The maximum absolute atomic E-state index is 13.3. The number of aromatic nitrogens is 1. The number of sulfonamides is 1. The number of hydrogen-bond donors (Lipinski definition) is 0. The molecule has 1 atom stereocenters. The zero-order chi connectivity index (χ0) is 24.7. The number of anilines is 1. The van der Waals surface area contributed by atoms with Crippen LogP contribution in [-0.2, 0) is 21.9 Å². The van der Waals surface area contributed by atoms with Crippen molar-refractivity contribution in [3.05, 3.63) is 58.0 Å². The fourth-order valence-electron chi connectivity index (χ4n) is 4.88. The highest BCUT2D eigenvalue weighted by atomic mass is 35.5. The molecule has 3 heterocycles. The summed E-state index contributed by atoms with van der Waals surface area (Å²) < 4.78 is 34.6. The summed E-state index contributed by atoms with van der Waals surface area (Å²) in [6.07, 6.45) is 1.28. The average molecular weight is 519 g/mol. The van der Waals surface area contributed by atoms with E-state index >= 15 is 0 Å². The highest BCUT2D eigenvalue weighted by Gasteiger charge is 2.36. The summed E-state index contributed by atoms with van der Waals surface area (Å²) in [5.74, 6) is -0.918. The van der Waals surface area contributed by atoms with Gasteiger partial charge in [-0.1, -0.05) is 11.6 Å². The number of benzene rings is 2. The van der Waals surface area contributed by atoms with Crippen LogP contribution < -0.4 is 10.7 Å². The van der Waals surface area contributed by atoms with Gasteiger partial charge in [0, 0.05) is 63.1 Å². The van der Waals surface area contributed by atoms with Gasteiger partial charge in [-0.25, -0.2) is 13.2 Å². The molecule has 1 aromatic heterocycles. The van der Waals surface area contributed by atoms with Gasteiger partial charge in [-0.3, -0.25) is 9.36 Å². The van der Waals surface area contributed by atoms with Gasteiger partial charge in [-0.2, -0.15) is 4.31 Å². The Morgan fingerprint density at radius 3 is 2.46 bits per heavy atom. The number of carbonyl (C=O) groups is 1. The Morgan fingerprint density at radius 2 is 1.74 bits per heavy atom.